The highest BCUT2D eigenvalue weighted by atomic mass is 16.5. The standard InChI is InChI=1S/C50H66N4O6/c1-11-33-30(7)37-23-38-31(8)35(19-20-43(56)60-22-21-29(6)18-14-17-28(5)16-13-15-27(3)4)47(53-38)45-46(50(58)59-10)49(57)44-32(9)39(54-48(44)45)24-41-34(12-2)36(26-55)42(52-41)25-40(33)51-37/h21,23-28,35,46-47,51-54H,11-20,22H2,1-10H3/b29-21+,37-23-,39-24-,40-25-/t28-,35+,46-,47?/m1/s1. The Morgan fingerprint density at radius 3 is 2.23 bits per heavy atom. The number of aldehydes is 1. The average Bonchev–Trinajstić information content (AvgIpc) is 3.96. The number of aromatic amines is 3. The molecule has 60 heavy (non-hydrogen) atoms. The van der Waals surface area contributed by atoms with Crippen molar-refractivity contribution in [1.29, 1.82) is 0 Å². The molecule has 10 nitrogen and oxygen atoms in total. The molecule has 0 fully saturated rings. The number of allylic oxidation sites excluding steroid dienone is 2. The molecule has 5 heterocycles. The van der Waals surface area contributed by atoms with Gasteiger partial charge in [0.15, 0.2) is 12.1 Å². The van der Waals surface area contributed by atoms with E-state index in [1.807, 2.05) is 32.1 Å². The second-order valence-corrected chi connectivity index (χ2v) is 17.8. The number of carbonyl (C=O) groups excluding carboxylic acids is 4. The Bertz CT molecular complexity index is 2470. The Labute approximate surface area is 354 Å². The van der Waals surface area contributed by atoms with E-state index in [2.05, 4.69) is 74.8 Å². The lowest BCUT2D eigenvalue weighted by atomic mass is 9.82. The molecular formula is C50H66N4O6. The molecule has 3 aliphatic rings. The fourth-order valence-corrected chi connectivity index (χ4v) is 9.72. The van der Waals surface area contributed by atoms with Gasteiger partial charge >= 0.3 is 11.9 Å². The third kappa shape index (κ3) is 8.98. The molecule has 4 N–H and O–H groups in total. The normalized spacial score (nSPS) is 20.6. The molecule has 0 aromatic carbocycles. The molecule has 6 rings (SSSR count). The highest BCUT2D eigenvalue weighted by Gasteiger charge is 2.47. The number of rotatable bonds is 17. The molecule has 322 valence electrons. The molecule has 1 aliphatic carbocycles. The van der Waals surface area contributed by atoms with Gasteiger partial charge < -0.3 is 29.7 Å². The van der Waals surface area contributed by atoms with Crippen molar-refractivity contribution in [3.63, 3.8) is 0 Å². The lowest BCUT2D eigenvalue weighted by Crippen LogP contribution is -2.39. The number of hydrogen-bond donors (Lipinski definition) is 4. The Morgan fingerprint density at radius 2 is 1.55 bits per heavy atom. The van der Waals surface area contributed by atoms with Crippen LogP contribution in [0.1, 0.15) is 154 Å². The van der Waals surface area contributed by atoms with Gasteiger partial charge in [0, 0.05) is 50.9 Å². The third-order valence-corrected chi connectivity index (χ3v) is 13.3. The molecule has 0 amide bonds. The minimum Gasteiger partial charge on any atom is -0.468 e. The van der Waals surface area contributed by atoms with Crippen molar-refractivity contribution in [1.82, 2.24) is 20.3 Å². The number of aromatic nitrogens is 3. The summed E-state index contributed by atoms with van der Waals surface area (Å²) in [5.41, 5.74) is 10.1. The summed E-state index contributed by atoms with van der Waals surface area (Å²) in [6, 6.07) is -0.496. The summed E-state index contributed by atoms with van der Waals surface area (Å²) in [5, 5.41) is 6.86. The van der Waals surface area contributed by atoms with Crippen LogP contribution in [0.4, 0.5) is 0 Å². The summed E-state index contributed by atoms with van der Waals surface area (Å²) in [4.78, 5) is 64.6. The van der Waals surface area contributed by atoms with Gasteiger partial charge in [-0.3, -0.25) is 19.2 Å². The summed E-state index contributed by atoms with van der Waals surface area (Å²) in [6.07, 6.45) is 18.2. The van der Waals surface area contributed by atoms with Gasteiger partial charge in [0.1, 0.15) is 12.5 Å². The van der Waals surface area contributed by atoms with Crippen molar-refractivity contribution in [3.05, 3.63) is 89.1 Å². The fraction of sp³-hybridized carbons (Fsp3) is 0.520. The highest BCUT2D eigenvalue weighted by Crippen LogP contribution is 2.39. The number of fused-ring (bicyclic) bond motifs is 8. The number of ketones is 1. The number of ether oxygens (including phenoxy) is 2. The molecule has 0 radical (unpaired) electrons. The van der Waals surface area contributed by atoms with Gasteiger partial charge in [0.2, 0.25) is 0 Å². The molecule has 3 aromatic rings. The van der Waals surface area contributed by atoms with Crippen LogP contribution in [0.5, 0.6) is 0 Å². The third-order valence-electron chi connectivity index (χ3n) is 13.3. The van der Waals surface area contributed by atoms with Crippen molar-refractivity contribution in [2.75, 3.05) is 13.7 Å². The SMILES string of the molecule is CCc1c2[nH]c(c1C=O)/C=c1\[nH]/c(c(C)c1CC)=C\C1=C(C)[C@H](CCC(=O)OC/C=C(\C)CCC[C@H](C)CCCC(C)C)C(N1)C1=c3[nH]/c(c(C)c3C(=O)[C@@H]1C(=O)OC)=C\2. The van der Waals surface area contributed by atoms with Crippen molar-refractivity contribution in [2.45, 2.75) is 133 Å². The van der Waals surface area contributed by atoms with Gasteiger partial charge in [-0.05, 0) is 129 Å². The maximum absolute atomic E-state index is 14.4. The van der Waals surface area contributed by atoms with Gasteiger partial charge in [-0.1, -0.05) is 65.9 Å². The van der Waals surface area contributed by atoms with Crippen LogP contribution in [0.3, 0.4) is 0 Å². The predicted octanol–water partition coefficient (Wildman–Crippen LogP) is 6.58. The summed E-state index contributed by atoms with van der Waals surface area (Å²) in [6.45, 7) is 19.4. The number of Topliss-reactive ketones (excluding diaryl/α,β-unsaturated/α-hetero) is 1. The van der Waals surface area contributed by atoms with Crippen LogP contribution in [0, 0.1) is 37.5 Å². The molecule has 0 saturated carbocycles. The van der Waals surface area contributed by atoms with Gasteiger partial charge in [-0.2, -0.15) is 0 Å². The molecule has 0 saturated heterocycles. The Kier molecular flexibility index (Phi) is 14.1. The number of carbonyl (C=O) groups is 4. The van der Waals surface area contributed by atoms with Crippen LogP contribution >= 0.6 is 0 Å². The first kappa shape index (κ1) is 44.4. The highest BCUT2D eigenvalue weighted by molar-refractivity contribution is 6.19. The van der Waals surface area contributed by atoms with Gasteiger partial charge in [-0.25, -0.2) is 0 Å². The maximum atomic E-state index is 14.4. The molecule has 10 heteroatoms. The fourth-order valence-electron chi connectivity index (χ4n) is 9.72. The van der Waals surface area contributed by atoms with Crippen molar-refractivity contribution in [2.24, 2.45) is 23.7 Å². The van der Waals surface area contributed by atoms with E-state index in [0.717, 1.165) is 81.7 Å². The first-order valence-corrected chi connectivity index (χ1v) is 22.2. The summed E-state index contributed by atoms with van der Waals surface area (Å²) in [5.74, 6) is -1.14. The minimum atomic E-state index is -1.15. The van der Waals surface area contributed by atoms with E-state index >= 15 is 0 Å². The lowest BCUT2D eigenvalue weighted by molar-refractivity contribution is -0.143. The van der Waals surface area contributed by atoms with E-state index < -0.39 is 17.9 Å². The predicted molar refractivity (Wildman–Crippen MR) is 238 cm³/mol. The number of hydrogen-bond acceptors (Lipinski definition) is 7. The topological polar surface area (TPSA) is 146 Å². The lowest BCUT2D eigenvalue weighted by Gasteiger charge is -2.26. The minimum absolute atomic E-state index is 0.169. The number of H-pyrrole nitrogens is 3. The summed E-state index contributed by atoms with van der Waals surface area (Å²) >= 11 is 0. The van der Waals surface area contributed by atoms with E-state index in [-0.39, 0.29) is 30.7 Å². The quantitative estimate of drug-likeness (QED) is 0.0522. The molecule has 0 spiro atoms. The summed E-state index contributed by atoms with van der Waals surface area (Å²) in [7, 11) is 1.31. The van der Waals surface area contributed by atoms with E-state index in [0.29, 0.717) is 51.5 Å². The largest absolute Gasteiger partial charge is 0.468 e. The zero-order valence-corrected chi connectivity index (χ0v) is 37.5. The maximum Gasteiger partial charge on any atom is 0.320 e. The summed E-state index contributed by atoms with van der Waals surface area (Å²) < 4.78 is 11.0. The molecule has 4 atom stereocenters. The van der Waals surface area contributed by atoms with Crippen molar-refractivity contribution >= 4 is 47.8 Å². The van der Waals surface area contributed by atoms with E-state index in [4.69, 9.17) is 9.47 Å². The van der Waals surface area contributed by atoms with E-state index in [9.17, 15) is 19.2 Å². The van der Waals surface area contributed by atoms with Crippen LogP contribution in [-0.2, 0) is 31.9 Å². The van der Waals surface area contributed by atoms with Gasteiger partial charge in [0.25, 0.3) is 0 Å². The van der Waals surface area contributed by atoms with Crippen molar-refractivity contribution in [3.8, 4) is 0 Å². The Hall–Kier alpha value is -5.12. The first-order chi connectivity index (χ1) is 28.7. The van der Waals surface area contributed by atoms with Crippen molar-refractivity contribution < 1.29 is 28.7 Å². The van der Waals surface area contributed by atoms with Gasteiger partial charge in [0.05, 0.1) is 24.2 Å². The molecular weight excluding hydrogens is 753 g/mol. The average molecular weight is 819 g/mol. The number of nitrogens with one attached hydrogen (secondary N) is 4. The smallest absolute Gasteiger partial charge is 0.320 e. The number of esters is 2. The number of methoxy groups -OCH3 is 1. The monoisotopic (exact) mass is 818 g/mol. The second-order valence-electron chi connectivity index (χ2n) is 17.8. The second kappa shape index (κ2) is 19.1. The zero-order chi connectivity index (χ0) is 43.4. The molecule has 8 bridgehead atoms. The Morgan fingerprint density at radius 1 is 0.850 bits per heavy atom. The van der Waals surface area contributed by atoms with Crippen LogP contribution in [0.2, 0.25) is 0 Å². The van der Waals surface area contributed by atoms with Gasteiger partial charge in [-0.15, -0.1) is 0 Å². The van der Waals surface area contributed by atoms with Crippen LogP contribution in [0.15, 0.2) is 22.9 Å². The first-order valence-electron chi connectivity index (χ1n) is 22.2. The van der Waals surface area contributed by atoms with Crippen LogP contribution in [-0.4, -0.2) is 58.7 Å². The molecule has 3 aromatic heterocycles. The zero-order valence-electron chi connectivity index (χ0n) is 37.5. The Balaban J connectivity index is 1.35. The van der Waals surface area contributed by atoms with E-state index in [1.165, 1.54) is 38.4 Å². The molecule has 2 aliphatic heterocycles. The van der Waals surface area contributed by atoms with Crippen LogP contribution in [0.25, 0.3) is 23.8 Å². The van der Waals surface area contributed by atoms with Crippen LogP contribution < -0.4 is 26.7 Å². The van der Waals surface area contributed by atoms with E-state index in [1.54, 1.807) is 0 Å². The molecule has 1 unspecified atom stereocenters.